The third-order valence-electron chi connectivity index (χ3n) is 3.61. The Labute approximate surface area is 137 Å². The summed E-state index contributed by atoms with van der Waals surface area (Å²) in [6, 6.07) is 0. The van der Waals surface area contributed by atoms with Gasteiger partial charge in [-0.1, -0.05) is 34.6 Å². The number of nitrogens with one attached hydrogen (secondary N) is 2. The highest BCUT2D eigenvalue weighted by atomic mass is 16.3. The third-order valence-corrected chi connectivity index (χ3v) is 3.61. The van der Waals surface area contributed by atoms with Crippen LogP contribution in [0.1, 0.15) is 69.8 Å². The standard InChI is InChI=1S/C17H29N3O3/c1-10(21)8-17(6,7)9-18-13(22)12-11(2)19-15(16(3,4)5)20-14(12)23/h10,21H,8-9H2,1-7H3,(H,18,22)(H,19,20,23). The molecule has 6 nitrogen and oxygen atoms in total. The molecule has 0 fully saturated rings. The largest absolute Gasteiger partial charge is 0.393 e. The van der Waals surface area contributed by atoms with Crippen LogP contribution in [0.25, 0.3) is 0 Å². The summed E-state index contributed by atoms with van der Waals surface area (Å²) in [4.78, 5) is 31.7. The van der Waals surface area contributed by atoms with Gasteiger partial charge < -0.3 is 15.4 Å². The lowest BCUT2D eigenvalue weighted by molar-refractivity contribution is 0.0899. The molecule has 1 heterocycles. The molecule has 6 heteroatoms. The van der Waals surface area contributed by atoms with Gasteiger partial charge in [0, 0.05) is 12.0 Å². The van der Waals surface area contributed by atoms with E-state index in [1.54, 1.807) is 13.8 Å². The van der Waals surface area contributed by atoms with Crippen LogP contribution in [0.5, 0.6) is 0 Å². The second kappa shape index (κ2) is 6.83. The van der Waals surface area contributed by atoms with Crippen molar-refractivity contribution in [1.82, 2.24) is 15.3 Å². The fraction of sp³-hybridized carbons (Fsp3) is 0.706. The SMILES string of the molecule is Cc1nc(C(C)(C)C)[nH]c(=O)c1C(=O)NCC(C)(C)CC(C)O. The first-order valence-electron chi connectivity index (χ1n) is 7.91. The van der Waals surface area contributed by atoms with E-state index >= 15 is 0 Å². The van der Waals surface area contributed by atoms with Crippen molar-refractivity contribution in [3.05, 3.63) is 27.4 Å². The number of aromatic nitrogens is 2. The van der Waals surface area contributed by atoms with Gasteiger partial charge in [0.1, 0.15) is 11.4 Å². The minimum atomic E-state index is -0.445. The summed E-state index contributed by atoms with van der Waals surface area (Å²) in [5, 5.41) is 12.3. The van der Waals surface area contributed by atoms with E-state index in [0.717, 1.165) is 0 Å². The molecule has 0 aromatic carbocycles. The average Bonchev–Trinajstić information content (AvgIpc) is 2.33. The number of hydrogen-bond donors (Lipinski definition) is 3. The van der Waals surface area contributed by atoms with Crippen LogP contribution in [0.2, 0.25) is 0 Å². The maximum atomic E-state index is 12.3. The van der Waals surface area contributed by atoms with Crippen LogP contribution in [0.4, 0.5) is 0 Å². The maximum absolute atomic E-state index is 12.3. The molecule has 0 saturated heterocycles. The van der Waals surface area contributed by atoms with E-state index < -0.39 is 17.6 Å². The van der Waals surface area contributed by atoms with Crippen LogP contribution in [0, 0.1) is 12.3 Å². The van der Waals surface area contributed by atoms with E-state index in [9.17, 15) is 14.7 Å². The van der Waals surface area contributed by atoms with Crippen LogP contribution in [-0.2, 0) is 5.41 Å². The summed E-state index contributed by atoms with van der Waals surface area (Å²) in [5.41, 5.74) is -0.509. The van der Waals surface area contributed by atoms with E-state index in [1.165, 1.54) is 0 Å². The van der Waals surface area contributed by atoms with E-state index in [1.807, 2.05) is 34.6 Å². The summed E-state index contributed by atoms with van der Waals surface area (Å²) >= 11 is 0. The van der Waals surface area contributed by atoms with Gasteiger partial charge in [-0.05, 0) is 25.7 Å². The number of aromatic amines is 1. The van der Waals surface area contributed by atoms with Gasteiger partial charge in [-0.25, -0.2) is 4.98 Å². The second-order valence-electron chi connectivity index (χ2n) is 8.02. The zero-order valence-electron chi connectivity index (χ0n) is 15.2. The van der Waals surface area contributed by atoms with Crippen molar-refractivity contribution in [3.63, 3.8) is 0 Å². The molecule has 1 aromatic rings. The Morgan fingerprint density at radius 3 is 2.30 bits per heavy atom. The Balaban J connectivity index is 2.96. The first kappa shape index (κ1) is 19.4. The third kappa shape index (κ3) is 5.46. The molecule has 1 rings (SSSR count). The van der Waals surface area contributed by atoms with Crippen molar-refractivity contribution in [3.8, 4) is 0 Å². The van der Waals surface area contributed by atoms with E-state index in [0.29, 0.717) is 24.5 Å². The summed E-state index contributed by atoms with van der Waals surface area (Å²) in [5.74, 6) is 0.126. The average molecular weight is 323 g/mol. The number of carbonyl (C=O) groups excluding carboxylic acids is 1. The van der Waals surface area contributed by atoms with Crippen molar-refractivity contribution < 1.29 is 9.90 Å². The van der Waals surface area contributed by atoms with Gasteiger partial charge in [0.2, 0.25) is 0 Å². The Bertz CT molecular complexity index is 625. The second-order valence-corrected chi connectivity index (χ2v) is 8.02. The number of hydrogen-bond acceptors (Lipinski definition) is 4. The number of carbonyl (C=O) groups is 1. The molecule has 1 amide bonds. The maximum Gasteiger partial charge on any atom is 0.264 e. The molecule has 0 aliphatic rings. The van der Waals surface area contributed by atoms with Crippen molar-refractivity contribution in [2.75, 3.05) is 6.54 Å². The molecule has 0 radical (unpaired) electrons. The number of amides is 1. The minimum absolute atomic E-state index is 0.0471. The number of nitrogens with zero attached hydrogens (tertiary/aromatic N) is 1. The number of rotatable bonds is 5. The zero-order chi connectivity index (χ0) is 18.0. The molecule has 0 aliphatic heterocycles. The van der Waals surface area contributed by atoms with Gasteiger partial charge in [-0.2, -0.15) is 0 Å². The van der Waals surface area contributed by atoms with Gasteiger partial charge in [-0.15, -0.1) is 0 Å². The molecular weight excluding hydrogens is 294 g/mol. The van der Waals surface area contributed by atoms with Crippen LogP contribution in [0.3, 0.4) is 0 Å². The number of aryl methyl sites for hydroxylation is 1. The Morgan fingerprint density at radius 2 is 1.87 bits per heavy atom. The molecule has 130 valence electrons. The Hall–Kier alpha value is -1.69. The Kier molecular flexibility index (Phi) is 5.74. The van der Waals surface area contributed by atoms with Crippen LogP contribution in [-0.4, -0.2) is 33.6 Å². The molecule has 3 N–H and O–H groups in total. The summed E-state index contributed by atoms with van der Waals surface area (Å²) in [6.45, 7) is 13.5. The van der Waals surface area contributed by atoms with Crippen molar-refractivity contribution >= 4 is 5.91 Å². The molecule has 1 atom stereocenters. The predicted octanol–water partition coefficient (Wildman–Crippen LogP) is 1.90. The van der Waals surface area contributed by atoms with Crippen molar-refractivity contribution in [2.24, 2.45) is 5.41 Å². The summed E-state index contributed by atoms with van der Waals surface area (Å²) in [6.07, 6.45) is 0.115. The molecule has 0 saturated carbocycles. The first-order valence-corrected chi connectivity index (χ1v) is 7.91. The monoisotopic (exact) mass is 323 g/mol. The Morgan fingerprint density at radius 1 is 1.30 bits per heavy atom. The molecule has 0 spiro atoms. The van der Waals surface area contributed by atoms with Gasteiger partial charge >= 0.3 is 0 Å². The van der Waals surface area contributed by atoms with E-state index in [2.05, 4.69) is 15.3 Å². The molecule has 0 bridgehead atoms. The number of H-pyrrole nitrogens is 1. The normalized spacial score (nSPS) is 13.7. The molecular formula is C17H29N3O3. The van der Waals surface area contributed by atoms with Gasteiger partial charge in [0.25, 0.3) is 11.5 Å². The van der Waals surface area contributed by atoms with Gasteiger partial charge in [-0.3, -0.25) is 9.59 Å². The van der Waals surface area contributed by atoms with Crippen LogP contribution < -0.4 is 10.9 Å². The minimum Gasteiger partial charge on any atom is -0.393 e. The zero-order valence-corrected chi connectivity index (χ0v) is 15.2. The fourth-order valence-electron chi connectivity index (χ4n) is 2.49. The summed E-state index contributed by atoms with van der Waals surface area (Å²) in [7, 11) is 0. The quantitative estimate of drug-likeness (QED) is 0.771. The topological polar surface area (TPSA) is 95.1 Å². The highest BCUT2D eigenvalue weighted by molar-refractivity contribution is 5.94. The highest BCUT2D eigenvalue weighted by Gasteiger charge is 2.25. The van der Waals surface area contributed by atoms with Crippen molar-refractivity contribution in [2.45, 2.75) is 66.4 Å². The van der Waals surface area contributed by atoms with Crippen LogP contribution >= 0.6 is 0 Å². The van der Waals surface area contributed by atoms with E-state index in [-0.39, 0.29) is 16.4 Å². The lowest BCUT2D eigenvalue weighted by Gasteiger charge is -2.26. The summed E-state index contributed by atoms with van der Waals surface area (Å²) < 4.78 is 0. The molecule has 1 unspecified atom stereocenters. The lowest BCUT2D eigenvalue weighted by Crippen LogP contribution is -2.39. The highest BCUT2D eigenvalue weighted by Crippen LogP contribution is 2.21. The van der Waals surface area contributed by atoms with Gasteiger partial charge in [0.15, 0.2) is 0 Å². The molecule has 0 aliphatic carbocycles. The fourth-order valence-corrected chi connectivity index (χ4v) is 2.49. The smallest absolute Gasteiger partial charge is 0.264 e. The number of aliphatic hydroxyl groups excluding tert-OH is 1. The van der Waals surface area contributed by atoms with Gasteiger partial charge in [0.05, 0.1) is 11.8 Å². The number of aliphatic hydroxyl groups is 1. The van der Waals surface area contributed by atoms with Crippen LogP contribution in [0.15, 0.2) is 4.79 Å². The lowest BCUT2D eigenvalue weighted by atomic mass is 9.87. The van der Waals surface area contributed by atoms with E-state index in [4.69, 9.17) is 0 Å². The first-order chi connectivity index (χ1) is 10.3. The van der Waals surface area contributed by atoms with Crippen molar-refractivity contribution in [1.29, 1.82) is 0 Å². The molecule has 1 aromatic heterocycles. The predicted molar refractivity (Wildman–Crippen MR) is 90.7 cm³/mol. The molecule has 23 heavy (non-hydrogen) atoms.